The highest BCUT2D eigenvalue weighted by Crippen LogP contribution is 2.24. The molecule has 0 spiro atoms. The Morgan fingerprint density at radius 3 is 2.92 bits per heavy atom. The van der Waals surface area contributed by atoms with Gasteiger partial charge >= 0.3 is 0 Å². The normalized spacial score (nSPS) is 17.3. The molecule has 0 bridgehead atoms. The van der Waals surface area contributed by atoms with Gasteiger partial charge in [0.05, 0.1) is 24.3 Å². The van der Waals surface area contributed by atoms with Crippen LogP contribution in [0.5, 0.6) is 0 Å². The van der Waals surface area contributed by atoms with Gasteiger partial charge in [0.1, 0.15) is 17.5 Å². The second-order valence-corrected chi connectivity index (χ2v) is 5.52. The number of amides is 1. The van der Waals surface area contributed by atoms with Crippen LogP contribution in [-0.4, -0.2) is 40.4 Å². The minimum Gasteiger partial charge on any atom is -0.370 e. The maximum Gasteiger partial charge on any atom is 0.286 e. The molecular weight excluding hydrogens is 333 g/mol. The fraction of sp³-hybridized carbons (Fsp3) is 0.250. The molecule has 1 aliphatic rings. The molecule has 1 atom stereocenters. The van der Waals surface area contributed by atoms with Gasteiger partial charge in [0.15, 0.2) is 0 Å². The van der Waals surface area contributed by atoms with Crippen LogP contribution < -0.4 is 5.56 Å². The van der Waals surface area contributed by atoms with Crippen molar-refractivity contribution in [3.8, 4) is 0 Å². The molecule has 8 nitrogen and oxygen atoms in total. The summed E-state index contributed by atoms with van der Waals surface area (Å²) >= 11 is 0. The lowest BCUT2D eigenvalue weighted by Gasteiger charge is -2.33. The van der Waals surface area contributed by atoms with Crippen molar-refractivity contribution in [3.63, 3.8) is 0 Å². The zero-order valence-electron chi connectivity index (χ0n) is 13.0. The van der Waals surface area contributed by atoms with Crippen molar-refractivity contribution in [1.29, 1.82) is 0 Å². The van der Waals surface area contributed by atoms with Crippen molar-refractivity contribution in [2.75, 3.05) is 19.7 Å². The molecule has 3 rings (SSSR count). The molecule has 1 aliphatic heterocycles. The van der Waals surface area contributed by atoms with Crippen LogP contribution in [0.2, 0.25) is 0 Å². The van der Waals surface area contributed by atoms with E-state index in [1.807, 2.05) is 0 Å². The van der Waals surface area contributed by atoms with Crippen LogP contribution in [-0.2, 0) is 4.74 Å². The number of carbonyl (C=O) groups is 1. The molecule has 0 saturated carbocycles. The second kappa shape index (κ2) is 6.81. The van der Waals surface area contributed by atoms with Gasteiger partial charge in [-0.2, -0.15) is 0 Å². The number of halogens is 1. The molecule has 2 aromatic rings. The van der Waals surface area contributed by atoms with Crippen molar-refractivity contribution in [2.24, 2.45) is 0 Å². The molecular formula is C16H14FN3O5. The average Bonchev–Trinajstić information content (AvgIpc) is 2.61. The van der Waals surface area contributed by atoms with Gasteiger partial charge in [-0.1, -0.05) is 12.1 Å². The van der Waals surface area contributed by atoms with Gasteiger partial charge in [0.25, 0.3) is 17.2 Å². The number of aromatic nitrogens is 1. The smallest absolute Gasteiger partial charge is 0.286 e. The molecule has 1 fully saturated rings. The van der Waals surface area contributed by atoms with E-state index in [1.165, 1.54) is 17.0 Å². The summed E-state index contributed by atoms with van der Waals surface area (Å²) in [5.41, 5.74) is -0.818. The van der Waals surface area contributed by atoms with Crippen LogP contribution in [0.3, 0.4) is 0 Å². The Morgan fingerprint density at radius 2 is 2.20 bits per heavy atom. The lowest BCUT2D eigenvalue weighted by molar-refractivity contribution is -0.385. The van der Waals surface area contributed by atoms with Crippen LogP contribution >= 0.6 is 0 Å². The zero-order valence-corrected chi connectivity index (χ0v) is 13.0. The molecule has 1 amide bonds. The Labute approximate surface area is 141 Å². The van der Waals surface area contributed by atoms with Crippen LogP contribution in [0, 0.1) is 15.9 Å². The van der Waals surface area contributed by atoms with E-state index in [0.717, 1.165) is 12.3 Å². The number of aromatic amines is 1. The lowest BCUT2D eigenvalue weighted by atomic mass is 10.1. The summed E-state index contributed by atoms with van der Waals surface area (Å²) in [5, 5.41) is 10.8. The van der Waals surface area contributed by atoms with E-state index < -0.39 is 28.3 Å². The van der Waals surface area contributed by atoms with Crippen LogP contribution in [0.1, 0.15) is 22.0 Å². The maximum absolute atomic E-state index is 13.4. The molecule has 9 heteroatoms. The van der Waals surface area contributed by atoms with E-state index in [1.54, 1.807) is 12.1 Å². The second-order valence-electron chi connectivity index (χ2n) is 5.52. The number of pyridine rings is 1. The predicted octanol–water partition coefficient (Wildman–Crippen LogP) is 1.64. The minimum atomic E-state index is -0.704. The van der Waals surface area contributed by atoms with Crippen molar-refractivity contribution >= 4 is 11.6 Å². The lowest BCUT2D eigenvalue weighted by Crippen LogP contribution is -2.43. The fourth-order valence-electron chi connectivity index (χ4n) is 2.65. The summed E-state index contributed by atoms with van der Waals surface area (Å²) in [5.74, 6) is -1.05. The van der Waals surface area contributed by atoms with E-state index in [9.17, 15) is 24.1 Å². The van der Waals surface area contributed by atoms with E-state index in [-0.39, 0.29) is 30.9 Å². The number of rotatable bonds is 3. The third kappa shape index (κ3) is 3.56. The highest BCUT2D eigenvalue weighted by molar-refractivity contribution is 5.94. The summed E-state index contributed by atoms with van der Waals surface area (Å²) in [7, 11) is 0. The fourth-order valence-corrected chi connectivity index (χ4v) is 2.65. The number of carbonyl (C=O) groups excluding carboxylic acids is 1. The van der Waals surface area contributed by atoms with Gasteiger partial charge in [0.2, 0.25) is 0 Å². The first-order valence-corrected chi connectivity index (χ1v) is 7.49. The molecule has 1 aromatic heterocycles. The first-order chi connectivity index (χ1) is 12.0. The Kier molecular flexibility index (Phi) is 4.57. The van der Waals surface area contributed by atoms with Crippen molar-refractivity contribution in [3.05, 3.63) is 73.9 Å². The number of hydrogen-bond donors (Lipinski definition) is 1. The van der Waals surface area contributed by atoms with Crippen LogP contribution in [0.4, 0.5) is 10.1 Å². The topological polar surface area (TPSA) is 106 Å². The van der Waals surface area contributed by atoms with Gasteiger partial charge in [-0.15, -0.1) is 0 Å². The molecule has 0 aliphatic carbocycles. The zero-order chi connectivity index (χ0) is 18.0. The summed E-state index contributed by atoms with van der Waals surface area (Å²) in [4.78, 5) is 38.2. The third-order valence-electron chi connectivity index (χ3n) is 3.90. The number of benzene rings is 1. The van der Waals surface area contributed by atoms with Gasteiger partial charge in [0, 0.05) is 12.6 Å². The van der Waals surface area contributed by atoms with E-state index in [0.29, 0.717) is 5.56 Å². The van der Waals surface area contributed by atoms with E-state index >= 15 is 0 Å². The monoisotopic (exact) mass is 347 g/mol. The molecule has 25 heavy (non-hydrogen) atoms. The van der Waals surface area contributed by atoms with Gasteiger partial charge in [-0.25, -0.2) is 4.39 Å². The van der Waals surface area contributed by atoms with Crippen molar-refractivity contribution in [2.45, 2.75) is 6.10 Å². The number of hydrogen-bond acceptors (Lipinski definition) is 5. The largest absolute Gasteiger partial charge is 0.370 e. The highest BCUT2D eigenvalue weighted by atomic mass is 19.1. The van der Waals surface area contributed by atoms with Crippen molar-refractivity contribution < 1.29 is 18.8 Å². The quantitative estimate of drug-likeness (QED) is 0.671. The summed E-state index contributed by atoms with van der Waals surface area (Å²) in [6.45, 7) is 0.553. The molecule has 0 radical (unpaired) electrons. The average molecular weight is 347 g/mol. The molecule has 1 saturated heterocycles. The molecule has 2 heterocycles. The summed E-state index contributed by atoms with van der Waals surface area (Å²) in [6.07, 6.45) is 0.403. The number of nitro groups is 1. The van der Waals surface area contributed by atoms with E-state index in [4.69, 9.17) is 4.74 Å². The third-order valence-corrected chi connectivity index (χ3v) is 3.90. The molecule has 1 unspecified atom stereocenters. The minimum absolute atomic E-state index is 0.115. The maximum atomic E-state index is 13.4. The number of nitrogens with zero attached hydrogens (tertiary/aromatic N) is 2. The number of ether oxygens (including phenoxy) is 1. The van der Waals surface area contributed by atoms with Gasteiger partial charge < -0.3 is 14.6 Å². The number of H-pyrrole nitrogens is 1. The molecule has 1 N–H and O–H groups in total. The Bertz CT molecular complexity index is 882. The number of morpholine rings is 1. The van der Waals surface area contributed by atoms with Crippen LogP contribution in [0.15, 0.2) is 41.3 Å². The standard InChI is InChI=1S/C16H14FN3O5/c17-11-3-1-2-10(6-11)14-9-19(4-5-25-14)16(22)13-7-12(20(23)24)8-18-15(13)21/h1-3,6-8,14H,4-5,9H2,(H,18,21). The van der Waals surface area contributed by atoms with Gasteiger partial charge in [-0.3, -0.25) is 19.7 Å². The first kappa shape index (κ1) is 16.8. The summed E-state index contributed by atoms with van der Waals surface area (Å²) in [6, 6.07) is 6.80. The first-order valence-electron chi connectivity index (χ1n) is 7.49. The SMILES string of the molecule is O=C(c1cc([N+](=O)[O-])c[nH]c1=O)N1CCOC(c2cccc(F)c2)C1. The van der Waals surface area contributed by atoms with E-state index in [2.05, 4.69) is 4.98 Å². The Hall–Kier alpha value is -3.07. The van der Waals surface area contributed by atoms with Crippen LogP contribution in [0.25, 0.3) is 0 Å². The molecule has 130 valence electrons. The number of nitrogens with one attached hydrogen (secondary N) is 1. The van der Waals surface area contributed by atoms with Crippen molar-refractivity contribution in [1.82, 2.24) is 9.88 Å². The Balaban J connectivity index is 1.84. The summed E-state index contributed by atoms with van der Waals surface area (Å²) < 4.78 is 18.9. The Morgan fingerprint density at radius 1 is 1.40 bits per heavy atom. The van der Waals surface area contributed by atoms with Gasteiger partial charge in [-0.05, 0) is 17.7 Å². The predicted molar refractivity (Wildman–Crippen MR) is 84.7 cm³/mol. The highest BCUT2D eigenvalue weighted by Gasteiger charge is 2.28. The molecule has 1 aromatic carbocycles.